The van der Waals surface area contributed by atoms with Crippen LogP contribution >= 0.6 is 11.6 Å². The molecule has 8 rings (SSSR count). The van der Waals surface area contributed by atoms with Crippen LogP contribution in [0.1, 0.15) is 194 Å². The normalized spacial score (nSPS) is 31.5. The number of hydrogen-bond donors (Lipinski definition) is 3. The monoisotopic (exact) mass is 1500 g/mol. The smallest absolute Gasteiger partial charge is 0.343 e. The Kier molecular flexibility index (Phi) is 28.7. The molecule has 0 aromatic carbocycles. The SMILES string of the molecule is CC[C@H](C)[C@@H]1NC(=O)[C@H](C2CCC2)N(C)C(=O)C[C@@H](C(=O)N2CCCC2)N(C)C(=O)[C@H](C2CCCCC2)N(C)C(=O)C2(CCCC2)NC(=O)[C@@H]2CCCN2C(=O)[C@H](CCC2CCC(C(F)(F)F)C(Cl)C2)NC(=O)CN(C)C(=O)[C@H](CC2CCC(C(F)(F)F)CC2)N(C)C(=O)CN(C)C(=O)CN(C)C1=O. The molecule has 5 saturated carbocycles. The average Bonchev–Trinajstić information content (AvgIpc) is 1.67. The van der Waals surface area contributed by atoms with Crippen molar-refractivity contribution in [2.75, 3.05) is 88.6 Å². The molecule has 31 heteroatoms. The summed E-state index contributed by atoms with van der Waals surface area (Å²) in [5.41, 5.74) is -1.59. The number of nitrogens with zero attached hydrogens (tertiary/aromatic N) is 9. The van der Waals surface area contributed by atoms with Gasteiger partial charge < -0.3 is 60.0 Å². The summed E-state index contributed by atoms with van der Waals surface area (Å²) in [6.07, 6.45) is -1.63. The summed E-state index contributed by atoms with van der Waals surface area (Å²) in [6, 6.07) is -9.03. The van der Waals surface area contributed by atoms with Crippen LogP contribution in [0.5, 0.6) is 0 Å². The van der Waals surface area contributed by atoms with E-state index in [1.165, 1.54) is 68.9 Å². The Balaban J connectivity index is 1.16. The molecule has 12 amide bonds. The van der Waals surface area contributed by atoms with Gasteiger partial charge >= 0.3 is 12.4 Å². The molecule has 0 bridgehead atoms. The summed E-state index contributed by atoms with van der Waals surface area (Å²) in [7, 11) is 9.61. The molecule has 24 nitrogen and oxygen atoms in total. The highest BCUT2D eigenvalue weighted by Gasteiger charge is 2.53. The fourth-order valence-electron chi connectivity index (χ4n) is 17.5. The second kappa shape index (κ2) is 35.9. The Morgan fingerprint density at radius 3 is 1.73 bits per heavy atom. The predicted molar refractivity (Wildman–Crippen MR) is 373 cm³/mol. The zero-order valence-electron chi connectivity index (χ0n) is 62.3. The van der Waals surface area contributed by atoms with Gasteiger partial charge in [0.15, 0.2) is 0 Å². The van der Waals surface area contributed by atoms with Crippen LogP contribution < -0.4 is 16.0 Å². The van der Waals surface area contributed by atoms with Crippen molar-refractivity contribution in [3.8, 4) is 0 Å². The lowest BCUT2D eigenvalue weighted by atomic mass is 9.78. The maximum Gasteiger partial charge on any atom is 0.393 e. The van der Waals surface area contributed by atoms with E-state index >= 15 is 24.0 Å². The molecule has 586 valence electrons. The Morgan fingerprint density at radius 2 is 1.14 bits per heavy atom. The first-order valence-corrected chi connectivity index (χ1v) is 38.5. The molecule has 104 heavy (non-hydrogen) atoms. The van der Waals surface area contributed by atoms with Crippen LogP contribution in [0.4, 0.5) is 26.3 Å². The van der Waals surface area contributed by atoms with Crippen molar-refractivity contribution in [2.24, 2.45) is 41.4 Å². The lowest BCUT2D eigenvalue weighted by molar-refractivity contribution is -0.184. The van der Waals surface area contributed by atoms with Crippen molar-refractivity contribution >= 4 is 82.5 Å². The second-order valence-corrected chi connectivity index (χ2v) is 32.2. The molecule has 0 radical (unpaired) electrons. The predicted octanol–water partition coefficient (Wildman–Crippen LogP) is 6.64. The summed E-state index contributed by atoms with van der Waals surface area (Å²) in [6.45, 7) is 2.28. The number of alkyl halides is 7. The first-order valence-electron chi connectivity index (χ1n) is 38.1. The zero-order chi connectivity index (χ0) is 76.4. The van der Waals surface area contributed by atoms with Gasteiger partial charge in [-0.15, -0.1) is 11.6 Å². The third-order valence-electron chi connectivity index (χ3n) is 24.6. The maximum atomic E-state index is 15.8. The Labute approximate surface area is 613 Å². The van der Waals surface area contributed by atoms with Gasteiger partial charge in [-0.3, -0.25) is 57.5 Å². The van der Waals surface area contributed by atoms with Gasteiger partial charge in [0, 0.05) is 74.3 Å². The summed E-state index contributed by atoms with van der Waals surface area (Å²) >= 11 is 6.39. The van der Waals surface area contributed by atoms with Gasteiger partial charge in [0.05, 0.1) is 37.9 Å². The first-order chi connectivity index (χ1) is 49.0. The third-order valence-corrected chi connectivity index (χ3v) is 25.1. The Bertz CT molecular complexity index is 3080. The fourth-order valence-corrected chi connectivity index (χ4v) is 18.0. The minimum absolute atomic E-state index is 0.0127. The van der Waals surface area contributed by atoms with Crippen LogP contribution in [-0.2, 0) is 57.5 Å². The standard InChI is InChI=1S/C73H113ClF6N12O12/c1-10-44(2)60-68(102)86(5)42-58(95)84(3)43-59(96)87(6)54(39-46-25-29-49(30-26-46)72(75,76)77)66(100)85(4)41-56(93)81-52(32-28-45-27-31-50(51(74)38-45)73(78,79)80)65(99)92-37-19-24-53(92)63(97)83-71(33-14-15-34-71)70(104)90(9)62(48-20-12-11-13-21-48)69(103)88(7)55(67(101)91-35-16-17-36-91)40-57(94)89(8)61(64(98)82-60)47-22-18-23-47/h44-55,60-62H,10-43H2,1-9H3,(H,81,93)(H,82,98)(H,83,97)/t44-,45?,46?,49?,50?,51?,52-,53-,54-,55-,60-,61-,62-/m0/s1. The second-order valence-electron chi connectivity index (χ2n) is 31.6. The van der Waals surface area contributed by atoms with E-state index in [-0.39, 0.29) is 95.9 Å². The van der Waals surface area contributed by atoms with Crippen LogP contribution in [0, 0.1) is 41.4 Å². The van der Waals surface area contributed by atoms with Crippen LogP contribution in [0.3, 0.4) is 0 Å². The van der Waals surface area contributed by atoms with Gasteiger partial charge in [-0.2, -0.15) is 26.3 Å². The zero-order valence-corrected chi connectivity index (χ0v) is 63.0. The van der Waals surface area contributed by atoms with Crippen LogP contribution in [0.15, 0.2) is 0 Å². The topological polar surface area (TPSA) is 270 Å². The van der Waals surface area contributed by atoms with E-state index in [9.17, 15) is 59.9 Å². The number of carbonyl (C=O) groups is 12. The lowest BCUT2D eigenvalue weighted by Crippen LogP contribution is -2.65. The molecular formula is C73H113ClF6N12O12. The molecule has 3 heterocycles. The summed E-state index contributed by atoms with van der Waals surface area (Å²) in [4.78, 5) is 191. The van der Waals surface area contributed by atoms with Gasteiger partial charge in [0.2, 0.25) is 70.9 Å². The molecule has 5 aliphatic carbocycles. The minimum Gasteiger partial charge on any atom is -0.343 e. The summed E-state index contributed by atoms with van der Waals surface area (Å²) < 4.78 is 84.0. The highest BCUT2D eigenvalue weighted by Crippen LogP contribution is 2.45. The molecule has 1 spiro atoms. The Hall–Kier alpha value is -6.49. The molecule has 3 aliphatic heterocycles. The molecule has 0 aromatic heterocycles. The summed E-state index contributed by atoms with van der Waals surface area (Å²) in [5, 5.41) is 7.46. The van der Waals surface area contributed by atoms with E-state index in [0.717, 1.165) is 45.3 Å². The highest BCUT2D eigenvalue weighted by atomic mass is 35.5. The number of rotatable bonds is 10. The van der Waals surface area contributed by atoms with E-state index in [4.69, 9.17) is 11.6 Å². The number of likely N-dealkylation sites (N-methyl/N-ethyl adjacent to an activating group) is 7. The number of amides is 12. The van der Waals surface area contributed by atoms with Crippen molar-refractivity contribution in [3.63, 3.8) is 0 Å². The van der Waals surface area contributed by atoms with Crippen LogP contribution in [0.25, 0.3) is 0 Å². The van der Waals surface area contributed by atoms with Crippen molar-refractivity contribution in [2.45, 2.75) is 259 Å². The molecule has 0 aromatic rings. The van der Waals surface area contributed by atoms with Crippen molar-refractivity contribution in [1.82, 2.24) is 60.0 Å². The third kappa shape index (κ3) is 20.0. The van der Waals surface area contributed by atoms with E-state index in [1.807, 2.05) is 6.92 Å². The molecule has 11 atom stereocenters. The largest absolute Gasteiger partial charge is 0.393 e. The average molecular weight is 1500 g/mol. The molecule has 3 N–H and O–H groups in total. The number of fused-ring (bicyclic) bond motifs is 1. The number of halogens is 7. The van der Waals surface area contributed by atoms with E-state index in [2.05, 4.69) is 16.0 Å². The molecule has 3 saturated heterocycles. The maximum absolute atomic E-state index is 15.8. The molecular weight excluding hydrogens is 1390 g/mol. The van der Waals surface area contributed by atoms with E-state index in [1.54, 1.807) is 11.8 Å². The first kappa shape index (κ1) is 83.2. The highest BCUT2D eigenvalue weighted by molar-refractivity contribution is 6.21. The number of likely N-dealkylation sites (tertiary alicyclic amines) is 1. The number of hydrogen-bond acceptors (Lipinski definition) is 12. The number of nitrogens with one attached hydrogen (secondary N) is 3. The molecule has 8 fully saturated rings. The molecule has 3 unspecified atom stereocenters. The fraction of sp³-hybridized carbons (Fsp3) is 0.836. The van der Waals surface area contributed by atoms with Crippen molar-refractivity contribution in [1.29, 1.82) is 0 Å². The van der Waals surface area contributed by atoms with Gasteiger partial charge in [-0.25, -0.2) is 0 Å². The quantitative estimate of drug-likeness (QED) is 0.154. The van der Waals surface area contributed by atoms with Crippen LogP contribution in [-0.4, -0.2) is 269 Å². The lowest BCUT2D eigenvalue weighted by Gasteiger charge is -2.43. The van der Waals surface area contributed by atoms with E-state index in [0.29, 0.717) is 77.3 Å². The number of carbonyl (C=O) groups excluding carboxylic acids is 12. The van der Waals surface area contributed by atoms with Crippen LogP contribution in [0.2, 0.25) is 0 Å². The van der Waals surface area contributed by atoms with Gasteiger partial charge in [0.1, 0.15) is 47.8 Å². The summed E-state index contributed by atoms with van der Waals surface area (Å²) in [5.74, 6) is -13.9. The van der Waals surface area contributed by atoms with E-state index < -0.39 is 198 Å². The van der Waals surface area contributed by atoms with Crippen molar-refractivity contribution in [3.05, 3.63) is 0 Å². The van der Waals surface area contributed by atoms with Crippen molar-refractivity contribution < 1.29 is 83.9 Å². The minimum atomic E-state index is -4.55. The van der Waals surface area contributed by atoms with Gasteiger partial charge in [0.25, 0.3) is 0 Å². The Morgan fingerprint density at radius 1 is 0.548 bits per heavy atom. The van der Waals surface area contributed by atoms with Gasteiger partial charge in [-0.1, -0.05) is 58.8 Å². The van der Waals surface area contributed by atoms with Gasteiger partial charge in [-0.05, 0) is 158 Å². The molecule has 8 aliphatic rings.